The summed E-state index contributed by atoms with van der Waals surface area (Å²) in [7, 11) is 0. The van der Waals surface area contributed by atoms with Crippen LogP contribution in [0.1, 0.15) is 0 Å². The van der Waals surface area contributed by atoms with Crippen LogP contribution in [0.5, 0.6) is 46.0 Å². The second kappa shape index (κ2) is 10.3. The van der Waals surface area contributed by atoms with E-state index in [2.05, 4.69) is 0 Å². The maximum absolute atomic E-state index is 6.20. The van der Waals surface area contributed by atoms with E-state index in [1.807, 2.05) is 121 Å². The first-order valence-electron chi connectivity index (χ1n) is 10.9. The third-order valence-electron chi connectivity index (χ3n) is 4.89. The molecule has 5 rings (SSSR count). The third-order valence-corrected chi connectivity index (χ3v) is 4.89. The highest BCUT2D eigenvalue weighted by Gasteiger charge is 2.18. The first kappa shape index (κ1) is 21.2. The monoisotopic (exact) mass is 446 g/mol. The highest BCUT2D eigenvalue weighted by Crippen LogP contribution is 2.46. The first-order chi connectivity index (χ1) is 16.8. The topological polar surface area (TPSA) is 36.9 Å². The van der Waals surface area contributed by atoms with Crippen molar-refractivity contribution in [2.45, 2.75) is 0 Å². The van der Waals surface area contributed by atoms with Crippen molar-refractivity contribution in [3.63, 3.8) is 0 Å². The molecular formula is C30H22O4. The quantitative estimate of drug-likeness (QED) is 0.238. The van der Waals surface area contributed by atoms with E-state index in [1.54, 1.807) is 12.1 Å². The molecule has 0 aliphatic rings. The van der Waals surface area contributed by atoms with E-state index in [9.17, 15) is 0 Å². The summed E-state index contributed by atoms with van der Waals surface area (Å²) < 4.78 is 24.8. The van der Waals surface area contributed by atoms with Crippen LogP contribution in [-0.4, -0.2) is 0 Å². The van der Waals surface area contributed by atoms with Gasteiger partial charge in [-0.05, 0) is 48.5 Å². The molecule has 0 unspecified atom stereocenters. The van der Waals surface area contributed by atoms with E-state index in [1.165, 1.54) is 0 Å². The molecule has 0 bridgehead atoms. The summed E-state index contributed by atoms with van der Waals surface area (Å²) in [4.78, 5) is 0. The molecule has 0 aromatic heterocycles. The molecule has 0 aliphatic heterocycles. The van der Waals surface area contributed by atoms with Crippen LogP contribution >= 0.6 is 0 Å². The summed E-state index contributed by atoms with van der Waals surface area (Å²) >= 11 is 0. The molecule has 5 aromatic carbocycles. The van der Waals surface area contributed by atoms with Crippen molar-refractivity contribution in [1.82, 2.24) is 0 Å². The maximum Gasteiger partial charge on any atom is 0.173 e. The minimum atomic E-state index is 0.501. The molecule has 5 aromatic rings. The normalized spacial score (nSPS) is 10.4. The van der Waals surface area contributed by atoms with Crippen molar-refractivity contribution in [2.24, 2.45) is 0 Å². The lowest BCUT2D eigenvalue weighted by molar-refractivity contribution is 0.390. The highest BCUT2D eigenvalue weighted by molar-refractivity contribution is 5.58. The number of para-hydroxylation sites is 4. The SMILES string of the molecule is c1ccc(Oc2cc(Oc3ccccc3)c(Oc3ccccc3)cc2Oc2ccccc2)cc1. The van der Waals surface area contributed by atoms with Gasteiger partial charge in [-0.3, -0.25) is 0 Å². The van der Waals surface area contributed by atoms with Gasteiger partial charge in [-0.25, -0.2) is 0 Å². The zero-order valence-electron chi connectivity index (χ0n) is 18.3. The van der Waals surface area contributed by atoms with Crippen molar-refractivity contribution in [3.8, 4) is 46.0 Å². The highest BCUT2D eigenvalue weighted by atomic mass is 16.5. The van der Waals surface area contributed by atoms with Crippen molar-refractivity contribution < 1.29 is 18.9 Å². The largest absolute Gasteiger partial charge is 0.453 e. The van der Waals surface area contributed by atoms with E-state index < -0.39 is 0 Å². The number of hydrogen-bond donors (Lipinski definition) is 0. The molecule has 166 valence electrons. The van der Waals surface area contributed by atoms with Crippen LogP contribution in [0.2, 0.25) is 0 Å². The zero-order valence-corrected chi connectivity index (χ0v) is 18.3. The standard InChI is InChI=1S/C30H22O4/c1-5-13-23(14-6-1)31-27-21-29(33-25-17-9-3-10-18-25)30(34-26-19-11-4-12-20-26)22-28(27)32-24-15-7-2-8-16-24/h1-22H. The Hall–Kier alpha value is -4.70. The van der Waals surface area contributed by atoms with Gasteiger partial charge in [-0.2, -0.15) is 0 Å². The minimum Gasteiger partial charge on any atom is -0.453 e. The maximum atomic E-state index is 6.20. The molecule has 0 N–H and O–H groups in total. The summed E-state index contributed by atoms with van der Waals surface area (Å²) in [5.74, 6) is 4.74. The number of benzene rings is 5. The van der Waals surface area contributed by atoms with Gasteiger partial charge in [0.15, 0.2) is 23.0 Å². The first-order valence-corrected chi connectivity index (χ1v) is 10.9. The smallest absolute Gasteiger partial charge is 0.173 e. The molecule has 0 saturated heterocycles. The Morgan fingerprint density at radius 3 is 0.676 bits per heavy atom. The molecule has 0 radical (unpaired) electrons. The second-order valence-corrected chi connectivity index (χ2v) is 7.41. The Balaban J connectivity index is 1.59. The predicted octanol–water partition coefficient (Wildman–Crippen LogP) is 8.86. The van der Waals surface area contributed by atoms with E-state index in [0.717, 1.165) is 0 Å². The van der Waals surface area contributed by atoms with Crippen molar-refractivity contribution in [3.05, 3.63) is 133 Å². The molecule has 4 heteroatoms. The van der Waals surface area contributed by atoms with Crippen molar-refractivity contribution >= 4 is 0 Å². The van der Waals surface area contributed by atoms with Gasteiger partial charge in [0.1, 0.15) is 23.0 Å². The molecule has 0 heterocycles. The van der Waals surface area contributed by atoms with Crippen molar-refractivity contribution in [2.75, 3.05) is 0 Å². The van der Waals surface area contributed by atoms with E-state index in [4.69, 9.17) is 18.9 Å². The van der Waals surface area contributed by atoms with Gasteiger partial charge in [0, 0.05) is 12.1 Å². The molecule has 4 nitrogen and oxygen atoms in total. The van der Waals surface area contributed by atoms with Crippen LogP contribution in [0.15, 0.2) is 133 Å². The molecule has 0 aliphatic carbocycles. The van der Waals surface area contributed by atoms with Crippen LogP contribution in [0.3, 0.4) is 0 Å². The van der Waals surface area contributed by atoms with Gasteiger partial charge in [-0.1, -0.05) is 72.8 Å². The summed E-state index contributed by atoms with van der Waals surface area (Å²) in [5, 5.41) is 0. The lowest BCUT2D eigenvalue weighted by Gasteiger charge is -2.18. The van der Waals surface area contributed by atoms with Gasteiger partial charge in [-0.15, -0.1) is 0 Å². The Morgan fingerprint density at radius 1 is 0.265 bits per heavy atom. The Kier molecular flexibility index (Phi) is 6.40. The van der Waals surface area contributed by atoms with E-state index in [-0.39, 0.29) is 0 Å². The average molecular weight is 447 g/mol. The van der Waals surface area contributed by atoms with Gasteiger partial charge in [0.05, 0.1) is 0 Å². The molecule has 0 spiro atoms. The van der Waals surface area contributed by atoms with Gasteiger partial charge < -0.3 is 18.9 Å². The number of rotatable bonds is 8. The molecule has 0 amide bonds. The lowest BCUT2D eigenvalue weighted by Crippen LogP contribution is -1.96. The average Bonchev–Trinajstić information content (AvgIpc) is 2.89. The van der Waals surface area contributed by atoms with Crippen LogP contribution in [0.25, 0.3) is 0 Å². The Morgan fingerprint density at radius 2 is 0.471 bits per heavy atom. The summed E-state index contributed by atoms with van der Waals surface area (Å²) in [6.07, 6.45) is 0. The van der Waals surface area contributed by atoms with Gasteiger partial charge in [0.25, 0.3) is 0 Å². The Bertz CT molecular complexity index is 1110. The third kappa shape index (κ3) is 5.37. The summed E-state index contributed by atoms with van der Waals surface area (Å²) in [6.45, 7) is 0. The lowest BCUT2D eigenvalue weighted by atomic mass is 10.2. The summed E-state index contributed by atoms with van der Waals surface area (Å²) in [6, 6.07) is 41.8. The molecular weight excluding hydrogens is 424 g/mol. The Labute approximate surface area is 198 Å². The van der Waals surface area contributed by atoms with E-state index >= 15 is 0 Å². The van der Waals surface area contributed by atoms with Crippen LogP contribution < -0.4 is 18.9 Å². The second-order valence-electron chi connectivity index (χ2n) is 7.41. The molecule has 0 fully saturated rings. The molecule has 0 atom stereocenters. The predicted molar refractivity (Wildman–Crippen MR) is 133 cm³/mol. The molecule has 34 heavy (non-hydrogen) atoms. The fourth-order valence-corrected chi connectivity index (χ4v) is 3.30. The van der Waals surface area contributed by atoms with Gasteiger partial charge >= 0.3 is 0 Å². The fourth-order valence-electron chi connectivity index (χ4n) is 3.30. The van der Waals surface area contributed by atoms with Crippen LogP contribution in [0, 0.1) is 0 Å². The fraction of sp³-hybridized carbons (Fsp3) is 0. The van der Waals surface area contributed by atoms with E-state index in [0.29, 0.717) is 46.0 Å². The minimum absolute atomic E-state index is 0.501. The van der Waals surface area contributed by atoms with Crippen molar-refractivity contribution in [1.29, 1.82) is 0 Å². The van der Waals surface area contributed by atoms with Crippen LogP contribution in [-0.2, 0) is 0 Å². The zero-order chi connectivity index (χ0) is 23.0. The number of ether oxygens (including phenoxy) is 4. The molecule has 0 saturated carbocycles. The van der Waals surface area contributed by atoms with Crippen LogP contribution in [0.4, 0.5) is 0 Å². The summed E-state index contributed by atoms with van der Waals surface area (Å²) in [5.41, 5.74) is 0. The number of hydrogen-bond acceptors (Lipinski definition) is 4. The van der Waals surface area contributed by atoms with Gasteiger partial charge in [0.2, 0.25) is 0 Å².